The first-order valence-corrected chi connectivity index (χ1v) is 3.84. The summed E-state index contributed by atoms with van der Waals surface area (Å²) in [6.45, 7) is 0. The molecule has 7 heavy (non-hydrogen) atoms. The van der Waals surface area contributed by atoms with E-state index in [2.05, 4.69) is 28.6 Å². The van der Waals surface area contributed by atoms with Crippen LogP contribution in [0.3, 0.4) is 0 Å². The lowest BCUT2D eigenvalue weighted by molar-refractivity contribution is 1.71. The van der Waals surface area contributed by atoms with Gasteiger partial charge in [0.2, 0.25) is 0 Å². The van der Waals surface area contributed by atoms with Gasteiger partial charge in [0.25, 0.3) is 0 Å². The number of hydrogen-bond donors (Lipinski definition) is 1. The average molecular weight is 195 g/mol. The molecular formula is C4H3BrS2. The van der Waals surface area contributed by atoms with Gasteiger partial charge in [-0.1, -0.05) is 0 Å². The Hall–Kier alpha value is 0.530. The fraction of sp³-hybridized carbons (Fsp3) is 0. The zero-order valence-electron chi connectivity index (χ0n) is 3.39. The normalized spacial score (nSPS) is 9.43. The molecule has 0 aliphatic rings. The quantitative estimate of drug-likeness (QED) is 0.604. The average Bonchev–Trinajstić information content (AvgIpc) is 1.87. The first kappa shape index (κ1) is 5.66. The second kappa shape index (κ2) is 2.20. The lowest BCUT2D eigenvalue weighted by atomic mass is 10.7. The van der Waals surface area contributed by atoms with E-state index < -0.39 is 0 Å². The van der Waals surface area contributed by atoms with Crippen LogP contribution in [-0.4, -0.2) is 0 Å². The predicted octanol–water partition coefficient (Wildman–Crippen LogP) is 2.80. The number of hydrogen-bond acceptors (Lipinski definition) is 2. The Labute approximate surface area is 60.1 Å². The molecule has 0 nitrogen and oxygen atoms in total. The first-order chi connectivity index (χ1) is 3.29. The van der Waals surface area contributed by atoms with Crippen LogP contribution < -0.4 is 0 Å². The van der Waals surface area contributed by atoms with Crippen molar-refractivity contribution in [1.82, 2.24) is 0 Å². The molecule has 0 aliphatic heterocycles. The van der Waals surface area contributed by atoms with Crippen molar-refractivity contribution < 1.29 is 0 Å². The second-order valence-corrected chi connectivity index (χ2v) is 3.71. The van der Waals surface area contributed by atoms with Crippen LogP contribution in [-0.2, 0) is 0 Å². The minimum atomic E-state index is 1.05. The van der Waals surface area contributed by atoms with Crippen molar-refractivity contribution in [3.63, 3.8) is 0 Å². The van der Waals surface area contributed by atoms with Gasteiger partial charge >= 0.3 is 0 Å². The van der Waals surface area contributed by atoms with Crippen LogP contribution in [0.5, 0.6) is 0 Å². The van der Waals surface area contributed by atoms with Gasteiger partial charge in [-0.25, -0.2) is 0 Å². The molecule has 1 rings (SSSR count). The minimum absolute atomic E-state index is 1.05. The van der Waals surface area contributed by atoms with Crippen LogP contribution >= 0.6 is 39.9 Å². The van der Waals surface area contributed by atoms with Crippen molar-refractivity contribution in [1.29, 1.82) is 0 Å². The highest BCUT2D eigenvalue weighted by Crippen LogP contribution is 2.21. The highest BCUT2D eigenvalue weighted by Gasteiger charge is 1.87. The van der Waals surface area contributed by atoms with Crippen molar-refractivity contribution in [2.45, 2.75) is 4.21 Å². The lowest BCUT2D eigenvalue weighted by Crippen LogP contribution is -1.40. The molecule has 1 heterocycles. The Morgan fingerprint density at radius 3 is 2.57 bits per heavy atom. The van der Waals surface area contributed by atoms with Crippen LogP contribution in [0.2, 0.25) is 0 Å². The molecule has 38 valence electrons. The van der Waals surface area contributed by atoms with E-state index in [9.17, 15) is 0 Å². The second-order valence-electron chi connectivity index (χ2n) is 1.10. The number of thiophene rings is 1. The first-order valence-electron chi connectivity index (χ1n) is 1.72. The monoisotopic (exact) mass is 194 g/mol. The molecule has 0 fully saturated rings. The zero-order chi connectivity index (χ0) is 5.28. The predicted molar refractivity (Wildman–Crippen MR) is 39.3 cm³/mol. The van der Waals surface area contributed by atoms with Crippen molar-refractivity contribution in [3.8, 4) is 0 Å². The highest BCUT2D eigenvalue weighted by atomic mass is 79.9. The van der Waals surface area contributed by atoms with Crippen LogP contribution in [0.15, 0.2) is 20.1 Å². The molecule has 0 aliphatic carbocycles. The van der Waals surface area contributed by atoms with Crippen LogP contribution in [0, 0.1) is 0 Å². The van der Waals surface area contributed by atoms with Gasteiger partial charge in [0.15, 0.2) is 0 Å². The maximum absolute atomic E-state index is 4.09. The molecule has 0 saturated carbocycles. The molecule has 0 radical (unpaired) electrons. The molecule has 3 heteroatoms. The summed E-state index contributed by atoms with van der Waals surface area (Å²) in [6.07, 6.45) is 0. The smallest absolute Gasteiger partial charge is 0.0579 e. The molecule has 0 amide bonds. The highest BCUT2D eigenvalue weighted by molar-refractivity contribution is 9.10. The summed E-state index contributed by atoms with van der Waals surface area (Å²) in [5, 5.41) is 2.00. The van der Waals surface area contributed by atoms with E-state index in [0.717, 1.165) is 8.68 Å². The Kier molecular flexibility index (Phi) is 1.78. The van der Waals surface area contributed by atoms with Crippen LogP contribution in [0.4, 0.5) is 0 Å². The molecule has 0 saturated heterocycles. The Bertz CT molecular complexity index is 142. The van der Waals surface area contributed by atoms with Gasteiger partial charge in [-0.15, -0.1) is 24.0 Å². The lowest BCUT2D eigenvalue weighted by Gasteiger charge is -1.67. The molecule has 0 atom stereocenters. The number of thiol groups is 1. The SMILES string of the molecule is Sc1cc(Br)cs1. The van der Waals surface area contributed by atoms with Crippen molar-refractivity contribution in [3.05, 3.63) is 15.9 Å². The summed E-state index contributed by atoms with van der Waals surface area (Å²) < 4.78 is 2.16. The fourth-order valence-electron chi connectivity index (χ4n) is 0.303. The zero-order valence-corrected chi connectivity index (χ0v) is 6.69. The Balaban J connectivity index is 3.04. The molecule has 0 aromatic carbocycles. The van der Waals surface area contributed by atoms with Crippen molar-refractivity contribution >= 4 is 39.9 Å². The third kappa shape index (κ3) is 1.48. The van der Waals surface area contributed by atoms with Gasteiger partial charge in [-0.3, -0.25) is 0 Å². The summed E-state index contributed by atoms with van der Waals surface area (Å²) in [5.41, 5.74) is 0. The number of halogens is 1. The van der Waals surface area contributed by atoms with Gasteiger partial charge in [0.1, 0.15) is 0 Å². The third-order valence-electron chi connectivity index (χ3n) is 0.554. The third-order valence-corrected chi connectivity index (χ3v) is 2.49. The standard InChI is InChI=1S/C4H3BrS2/c5-3-1-4(6)7-2-3/h1-2,6H. The molecule has 0 N–H and O–H groups in total. The Morgan fingerprint density at radius 2 is 2.43 bits per heavy atom. The molecule has 1 aromatic heterocycles. The molecular weight excluding hydrogens is 192 g/mol. The summed E-state index contributed by atoms with van der Waals surface area (Å²) in [7, 11) is 0. The van der Waals surface area contributed by atoms with Gasteiger partial charge in [0, 0.05) is 9.85 Å². The maximum Gasteiger partial charge on any atom is 0.0579 e. The molecule has 0 spiro atoms. The summed E-state index contributed by atoms with van der Waals surface area (Å²) in [4.78, 5) is 0. The molecule has 0 unspecified atom stereocenters. The minimum Gasteiger partial charge on any atom is -0.137 e. The van der Waals surface area contributed by atoms with Crippen LogP contribution in [0.1, 0.15) is 0 Å². The Morgan fingerprint density at radius 1 is 1.71 bits per heavy atom. The molecule has 0 bridgehead atoms. The summed E-state index contributed by atoms with van der Waals surface area (Å²) in [6, 6.07) is 1.97. The summed E-state index contributed by atoms with van der Waals surface area (Å²) in [5.74, 6) is 0. The van der Waals surface area contributed by atoms with Crippen LogP contribution in [0.25, 0.3) is 0 Å². The molecule has 1 aromatic rings. The van der Waals surface area contributed by atoms with E-state index in [1.807, 2.05) is 11.4 Å². The maximum atomic E-state index is 4.09. The fourth-order valence-corrected chi connectivity index (χ4v) is 1.93. The van der Waals surface area contributed by atoms with E-state index in [-0.39, 0.29) is 0 Å². The van der Waals surface area contributed by atoms with Gasteiger partial charge in [-0.05, 0) is 22.0 Å². The van der Waals surface area contributed by atoms with E-state index >= 15 is 0 Å². The van der Waals surface area contributed by atoms with Gasteiger partial charge in [-0.2, -0.15) is 0 Å². The van der Waals surface area contributed by atoms with Gasteiger partial charge < -0.3 is 0 Å². The summed E-state index contributed by atoms with van der Waals surface area (Å²) >= 11 is 9.01. The van der Waals surface area contributed by atoms with Crippen molar-refractivity contribution in [2.75, 3.05) is 0 Å². The largest absolute Gasteiger partial charge is 0.137 e. The van der Waals surface area contributed by atoms with E-state index in [0.29, 0.717) is 0 Å². The van der Waals surface area contributed by atoms with Gasteiger partial charge in [0.05, 0.1) is 4.21 Å². The van der Waals surface area contributed by atoms with E-state index in [1.54, 1.807) is 11.3 Å². The van der Waals surface area contributed by atoms with Crippen molar-refractivity contribution in [2.24, 2.45) is 0 Å². The number of rotatable bonds is 0. The topological polar surface area (TPSA) is 0 Å². The van der Waals surface area contributed by atoms with E-state index in [1.165, 1.54) is 0 Å². The van der Waals surface area contributed by atoms with E-state index in [4.69, 9.17) is 0 Å².